The van der Waals surface area contributed by atoms with E-state index in [1.54, 1.807) is 12.4 Å². The Kier molecular flexibility index (Phi) is 2.83. The van der Waals surface area contributed by atoms with Gasteiger partial charge < -0.3 is 10.7 Å². The van der Waals surface area contributed by atoms with Gasteiger partial charge in [0.25, 0.3) is 5.56 Å². The first-order valence-corrected chi connectivity index (χ1v) is 5.05. The highest BCUT2D eigenvalue weighted by Crippen LogP contribution is 2.20. The van der Waals surface area contributed by atoms with Crippen molar-refractivity contribution in [2.45, 2.75) is 13.5 Å². The Hall–Kier alpha value is -1.94. The molecule has 0 bridgehead atoms. The number of rotatable bonds is 2. The van der Waals surface area contributed by atoms with Gasteiger partial charge in [-0.05, 0) is 30.7 Å². The van der Waals surface area contributed by atoms with Crippen molar-refractivity contribution in [3.05, 3.63) is 52.2 Å². The van der Waals surface area contributed by atoms with Crippen LogP contribution in [0.25, 0.3) is 11.1 Å². The summed E-state index contributed by atoms with van der Waals surface area (Å²) in [7, 11) is 0. The molecule has 2 heterocycles. The highest BCUT2D eigenvalue weighted by molar-refractivity contribution is 5.65. The van der Waals surface area contributed by atoms with Crippen LogP contribution in [0.2, 0.25) is 0 Å². The maximum atomic E-state index is 11.5. The largest absolute Gasteiger partial charge is 0.326 e. The monoisotopic (exact) mass is 215 g/mol. The van der Waals surface area contributed by atoms with Crippen molar-refractivity contribution in [3.63, 3.8) is 0 Å². The number of H-pyrrole nitrogens is 1. The number of aromatic nitrogens is 2. The fraction of sp³-hybridized carbons (Fsp3) is 0.167. The molecule has 0 fully saturated rings. The summed E-state index contributed by atoms with van der Waals surface area (Å²) < 4.78 is 0. The third-order valence-electron chi connectivity index (χ3n) is 2.53. The van der Waals surface area contributed by atoms with Crippen molar-refractivity contribution in [1.29, 1.82) is 0 Å². The summed E-state index contributed by atoms with van der Waals surface area (Å²) in [5.74, 6) is 0. The minimum absolute atomic E-state index is 0.113. The van der Waals surface area contributed by atoms with Crippen LogP contribution in [0.1, 0.15) is 11.3 Å². The topological polar surface area (TPSA) is 71.8 Å². The smallest absolute Gasteiger partial charge is 0.252 e. The average molecular weight is 215 g/mol. The van der Waals surface area contributed by atoms with Gasteiger partial charge in [-0.1, -0.05) is 0 Å². The van der Waals surface area contributed by atoms with Crippen molar-refractivity contribution in [1.82, 2.24) is 9.97 Å². The minimum atomic E-state index is -0.113. The molecule has 0 saturated carbocycles. The van der Waals surface area contributed by atoms with Gasteiger partial charge in [-0.2, -0.15) is 0 Å². The zero-order valence-electron chi connectivity index (χ0n) is 9.03. The molecule has 4 nitrogen and oxygen atoms in total. The molecule has 0 aliphatic carbocycles. The van der Waals surface area contributed by atoms with Gasteiger partial charge in [0, 0.05) is 35.8 Å². The van der Waals surface area contributed by atoms with E-state index in [1.807, 2.05) is 25.1 Å². The Bertz CT molecular complexity index is 546. The predicted octanol–water partition coefficient (Wildman–Crippen LogP) is 1.20. The summed E-state index contributed by atoms with van der Waals surface area (Å²) in [5.41, 5.74) is 8.85. The fourth-order valence-electron chi connectivity index (χ4n) is 1.65. The molecule has 2 aromatic heterocycles. The molecule has 0 aliphatic heterocycles. The van der Waals surface area contributed by atoms with Crippen LogP contribution in [0.4, 0.5) is 0 Å². The van der Waals surface area contributed by atoms with Gasteiger partial charge in [-0.3, -0.25) is 9.78 Å². The summed E-state index contributed by atoms with van der Waals surface area (Å²) >= 11 is 0. The number of aromatic amines is 1. The molecule has 4 heteroatoms. The van der Waals surface area contributed by atoms with Gasteiger partial charge in [0.15, 0.2) is 0 Å². The Morgan fingerprint density at radius 3 is 2.69 bits per heavy atom. The van der Waals surface area contributed by atoms with E-state index in [0.717, 1.165) is 16.8 Å². The molecule has 0 aliphatic rings. The number of nitrogens with one attached hydrogen (secondary N) is 1. The van der Waals surface area contributed by atoms with Crippen molar-refractivity contribution < 1.29 is 0 Å². The molecule has 16 heavy (non-hydrogen) atoms. The van der Waals surface area contributed by atoms with Gasteiger partial charge in [0.1, 0.15) is 0 Å². The van der Waals surface area contributed by atoms with E-state index in [0.29, 0.717) is 5.56 Å². The molecule has 0 aromatic carbocycles. The van der Waals surface area contributed by atoms with Gasteiger partial charge >= 0.3 is 0 Å². The molecule has 0 unspecified atom stereocenters. The zero-order chi connectivity index (χ0) is 11.5. The summed E-state index contributed by atoms with van der Waals surface area (Å²) in [5, 5.41) is 0. The fourth-order valence-corrected chi connectivity index (χ4v) is 1.65. The lowest BCUT2D eigenvalue weighted by Crippen LogP contribution is -2.17. The van der Waals surface area contributed by atoms with Crippen LogP contribution in [0, 0.1) is 6.92 Å². The lowest BCUT2D eigenvalue weighted by molar-refractivity contribution is 0.999. The van der Waals surface area contributed by atoms with E-state index in [9.17, 15) is 4.79 Å². The maximum Gasteiger partial charge on any atom is 0.252 e. The quantitative estimate of drug-likeness (QED) is 0.790. The van der Waals surface area contributed by atoms with Crippen LogP contribution < -0.4 is 11.3 Å². The van der Waals surface area contributed by atoms with Gasteiger partial charge in [0.05, 0.1) is 0 Å². The lowest BCUT2D eigenvalue weighted by Gasteiger charge is -2.07. The summed E-state index contributed by atoms with van der Waals surface area (Å²) in [6.45, 7) is 2.12. The van der Waals surface area contributed by atoms with Crippen LogP contribution in [-0.4, -0.2) is 9.97 Å². The van der Waals surface area contributed by atoms with E-state index < -0.39 is 0 Å². The SMILES string of the molecule is Cc1[nH]c(=O)c(CN)cc1-c1ccncc1. The van der Waals surface area contributed by atoms with Gasteiger partial charge in [0.2, 0.25) is 0 Å². The number of pyridine rings is 2. The maximum absolute atomic E-state index is 11.5. The highest BCUT2D eigenvalue weighted by atomic mass is 16.1. The number of hydrogen-bond acceptors (Lipinski definition) is 3. The molecule has 0 spiro atoms. The molecular weight excluding hydrogens is 202 g/mol. The number of hydrogen-bond donors (Lipinski definition) is 2. The molecule has 82 valence electrons. The first-order chi connectivity index (χ1) is 7.72. The Morgan fingerprint density at radius 1 is 1.38 bits per heavy atom. The number of nitrogens with two attached hydrogens (primary N) is 1. The second-order valence-corrected chi connectivity index (χ2v) is 3.60. The average Bonchev–Trinajstić information content (AvgIpc) is 2.30. The van der Waals surface area contributed by atoms with Gasteiger partial charge in [-0.15, -0.1) is 0 Å². The number of nitrogens with zero attached hydrogens (tertiary/aromatic N) is 1. The Morgan fingerprint density at radius 2 is 2.06 bits per heavy atom. The molecule has 2 aromatic rings. The molecule has 3 N–H and O–H groups in total. The summed E-state index contributed by atoms with van der Waals surface area (Å²) in [6, 6.07) is 5.64. The van der Waals surface area contributed by atoms with Crippen molar-refractivity contribution in [2.24, 2.45) is 5.73 Å². The molecule has 0 radical (unpaired) electrons. The van der Waals surface area contributed by atoms with E-state index in [-0.39, 0.29) is 12.1 Å². The lowest BCUT2D eigenvalue weighted by atomic mass is 10.0. The molecule has 0 amide bonds. The van der Waals surface area contributed by atoms with Crippen LogP contribution in [0.5, 0.6) is 0 Å². The van der Waals surface area contributed by atoms with Crippen molar-refractivity contribution >= 4 is 0 Å². The van der Waals surface area contributed by atoms with E-state index >= 15 is 0 Å². The van der Waals surface area contributed by atoms with Gasteiger partial charge in [-0.25, -0.2) is 0 Å². The number of aryl methyl sites for hydroxylation is 1. The Labute approximate surface area is 93.2 Å². The van der Waals surface area contributed by atoms with E-state index in [1.165, 1.54) is 0 Å². The zero-order valence-corrected chi connectivity index (χ0v) is 9.03. The Balaban J connectivity index is 2.62. The molecule has 2 rings (SSSR count). The first kappa shape index (κ1) is 10.6. The first-order valence-electron chi connectivity index (χ1n) is 5.05. The highest BCUT2D eigenvalue weighted by Gasteiger charge is 2.06. The second kappa shape index (κ2) is 4.28. The third-order valence-corrected chi connectivity index (χ3v) is 2.53. The third kappa shape index (κ3) is 1.87. The molecule has 0 atom stereocenters. The normalized spacial score (nSPS) is 10.4. The summed E-state index contributed by atoms with van der Waals surface area (Å²) in [4.78, 5) is 18.3. The molecule has 0 saturated heterocycles. The second-order valence-electron chi connectivity index (χ2n) is 3.60. The van der Waals surface area contributed by atoms with E-state index in [4.69, 9.17) is 5.73 Å². The van der Waals surface area contributed by atoms with E-state index in [2.05, 4.69) is 9.97 Å². The standard InChI is InChI=1S/C12H13N3O/c1-8-11(9-2-4-14-5-3-9)6-10(7-13)12(16)15-8/h2-6H,7,13H2,1H3,(H,15,16). The van der Waals surface area contributed by atoms with Crippen LogP contribution >= 0.6 is 0 Å². The predicted molar refractivity (Wildman–Crippen MR) is 62.9 cm³/mol. The van der Waals surface area contributed by atoms with Crippen LogP contribution in [0.3, 0.4) is 0 Å². The minimum Gasteiger partial charge on any atom is -0.326 e. The van der Waals surface area contributed by atoms with Crippen molar-refractivity contribution in [2.75, 3.05) is 0 Å². The summed E-state index contributed by atoms with van der Waals surface area (Å²) in [6.07, 6.45) is 3.45. The molecular formula is C12H13N3O. The van der Waals surface area contributed by atoms with Crippen molar-refractivity contribution in [3.8, 4) is 11.1 Å². The van der Waals surface area contributed by atoms with Crippen LogP contribution in [-0.2, 0) is 6.54 Å². The van der Waals surface area contributed by atoms with Crippen LogP contribution in [0.15, 0.2) is 35.4 Å².